The molecule has 37 heavy (non-hydrogen) atoms. The van der Waals surface area contributed by atoms with E-state index in [1.165, 1.54) is 109 Å². The molecule has 4 aliphatic rings. The van der Waals surface area contributed by atoms with E-state index < -0.39 is 0 Å². The van der Waals surface area contributed by atoms with Crippen molar-refractivity contribution in [2.75, 3.05) is 11.9 Å². The Balaban J connectivity index is 1.29. The van der Waals surface area contributed by atoms with Crippen molar-refractivity contribution in [1.29, 1.82) is 0 Å². The summed E-state index contributed by atoms with van der Waals surface area (Å²) in [5.74, 6) is 5.60. The summed E-state index contributed by atoms with van der Waals surface area (Å²) < 4.78 is 6.47. The molecule has 0 radical (unpaired) electrons. The molecule has 2 heteroatoms. The van der Waals surface area contributed by atoms with E-state index in [1.54, 1.807) is 5.57 Å². The predicted octanol–water partition coefficient (Wildman–Crippen LogP) is 11.1. The van der Waals surface area contributed by atoms with Gasteiger partial charge < -0.3 is 4.74 Å². The predicted molar refractivity (Wildman–Crippen MR) is 164 cm³/mol. The Hall–Kier alpha value is 0.180. The fraction of sp³-hybridized carbons (Fsp3) is 0.943. The van der Waals surface area contributed by atoms with Crippen LogP contribution in [0.4, 0.5) is 0 Å². The minimum atomic E-state index is 0.459. The van der Waals surface area contributed by atoms with Crippen LogP contribution >= 0.6 is 15.9 Å². The lowest BCUT2D eigenvalue weighted by Gasteiger charge is -2.58. The van der Waals surface area contributed by atoms with Crippen molar-refractivity contribution in [3.8, 4) is 0 Å². The summed E-state index contributed by atoms with van der Waals surface area (Å²) in [6.07, 6.45) is 26.9. The van der Waals surface area contributed by atoms with E-state index in [0.29, 0.717) is 16.9 Å². The highest BCUT2D eigenvalue weighted by molar-refractivity contribution is 9.09. The summed E-state index contributed by atoms with van der Waals surface area (Å²) in [5, 5.41) is 1.16. The smallest absolute Gasteiger partial charge is 0.0612 e. The van der Waals surface area contributed by atoms with Crippen molar-refractivity contribution in [2.45, 2.75) is 150 Å². The number of allylic oxidation sites excluding steroid dienone is 1. The molecule has 0 spiro atoms. The van der Waals surface area contributed by atoms with E-state index in [4.69, 9.17) is 4.74 Å². The maximum absolute atomic E-state index is 6.47. The highest BCUT2D eigenvalue weighted by Gasteiger charge is 2.59. The highest BCUT2D eigenvalue weighted by atomic mass is 79.9. The van der Waals surface area contributed by atoms with E-state index in [1.807, 2.05) is 0 Å². The van der Waals surface area contributed by atoms with Gasteiger partial charge >= 0.3 is 0 Å². The van der Waals surface area contributed by atoms with E-state index in [-0.39, 0.29) is 0 Å². The first-order valence-electron chi connectivity index (χ1n) is 16.7. The Morgan fingerprint density at radius 3 is 2.38 bits per heavy atom. The molecule has 4 aliphatic carbocycles. The Morgan fingerprint density at radius 1 is 0.865 bits per heavy atom. The van der Waals surface area contributed by atoms with Gasteiger partial charge in [0.15, 0.2) is 0 Å². The molecule has 0 N–H and O–H groups in total. The van der Waals surface area contributed by atoms with Crippen molar-refractivity contribution < 1.29 is 4.74 Å². The van der Waals surface area contributed by atoms with Crippen LogP contribution in [0.5, 0.6) is 0 Å². The summed E-state index contributed by atoms with van der Waals surface area (Å²) in [6.45, 7) is 13.8. The molecule has 0 bridgehead atoms. The molecule has 4 rings (SSSR count). The first kappa shape index (κ1) is 30.1. The quantitative estimate of drug-likeness (QED) is 0.113. The molecule has 8 atom stereocenters. The van der Waals surface area contributed by atoms with Crippen LogP contribution in [0.25, 0.3) is 0 Å². The Bertz CT molecular complexity index is 729. The summed E-state index contributed by atoms with van der Waals surface area (Å²) in [4.78, 5) is 0. The number of fused-ring (bicyclic) bond motifs is 5. The van der Waals surface area contributed by atoms with Crippen LogP contribution in [0, 0.1) is 46.3 Å². The third kappa shape index (κ3) is 6.92. The van der Waals surface area contributed by atoms with Crippen LogP contribution in [-0.4, -0.2) is 18.0 Å². The maximum atomic E-state index is 6.47. The average Bonchev–Trinajstić information content (AvgIpc) is 3.22. The lowest BCUT2D eigenvalue weighted by Crippen LogP contribution is -2.51. The van der Waals surface area contributed by atoms with Crippen molar-refractivity contribution in [1.82, 2.24) is 0 Å². The summed E-state index contributed by atoms with van der Waals surface area (Å²) in [7, 11) is 0. The number of ether oxygens (including phenoxy) is 1. The van der Waals surface area contributed by atoms with Crippen molar-refractivity contribution in [3.05, 3.63) is 11.6 Å². The van der Waals surface area contributed by atoms with Crippen LogP contribution in [-0.2, 0) is 4.74 Å². The number of unbranched alkanes of at least 4 members (excludes halogenated alkanes) is 5. The largest absolute Gasteiger partial charge is 0.378 e. The van der Waals surface area contributed by atoms with Crippen LogP contribution < -0.4 is 0 Å². The number of rotatable bonds is 14. The molecule has 0 amide bonds. The summed E-state index contributed by atoms with van der Waals surface area (Å²) >= 11 is 3.54. The van der Waals surface area contributed by atoms with Gasteiger partial charge in [-0.1, -0.05) is 107 Å². The van der Waals surface area contributed by atoms with Crippen LogP contribution in [0.2, 0.25) is 0 Å². The minimum Gasteiger partial charge on any atom is -0.378 e. The van der Waals surface area contributed by atoms with E-state index in [0.717, 1.165) is 47.4 Å². The lowest BCUT2D eigenvalue weighted by atomic mass is 9.47. The Kier molecular flexibility index (Phi) is 11.2. The maximum Gasteiger partial charge on any atom is 0.0612 e. The van der Waals surface area contributed by atoms with Crippen molar-refractivity contribution >= 4 is 15.9 Å². The van der Waals surface area contributed by atoms with Gasteiger partial charge in [-0.15, -0.1) is 0 Å². The second-order valence-electron chi connectivity index (χ2n) is 14.8. The molecule has 0 saturated heterocycles. The molecule has 0 aromatic rings. The summed E-state index contributed by atoms with van der Waals surface area (Å²) in [6, 6.07) is 0. The van der Waals surface area contributed by atoms with Gasteiger partial charge in [-0.25, -0.2) is 0 Å². The summed E-state index contributed by atoms with van der Waals surface area (Å²) in [5.41, 5.74) is 2.86. The molecule has 0 heterocycles. The molecule has 214 valence electrons. The normalized spacial score (nSPS) is 38.1. The van der Waals surface area contributed by atoms with Gasteiger partial charge in [0.1, 0.15) is 0 Å². The SMILES string of the molecule is CC(C)CCCC(C)C1CCC2C3CC=C4C[C@@H](OCCCCCCCCBr)CC[C@]4(C)C3CC[C@]12C. The monoisotopic (exact) mass is 576 g/mol. The first-order chi connectivity index (χ1) is 17.8. The molecular formula is C35H61BrO. The third-order valence-electron chi connectivity index (χ3n) is 12.1. The van der Waals surface area contributed by atoms with E-state index in [9.17, 15) is 0 Å². The number of alkyl halides is 1. The first-order valence-corrected chi connectivity index (χ1v) is 17.8. The lowest BCUT2D eigenvalue weighted by molar-refractivity contribution is -0.0641. The topological polar surface area (TPSA) is 9.23 Å². The fourth-order valence-corrected chi connectivity index (χ4v) is 10.3. The highest BCUT2D eigenvalue weighted by Crippen LogP contribution is 2.67. The van der Waals surface area contributed by atoms with E-state index in [2.05, 4.69) is 56.6 Å². The molecule has 0 aromatic carbocycles. The number of hydrogen-bond donors (Lipinski definition) is 0. The molecule has 1 nitrogen and oxygen atoms in total. The zero-order valence-electron chi connectivity index (χ0n) is 25.3. The molecule has 5 unspecified atom stereocenters. The Morgan fingerprint density at radius 2 is 1.62 bits per heavy atom. The number of halogens is 1. The number of hydrogen-bond acceptors (Lipinski definition) is 1. The molecular weight excluding hydrogens is 516 g/mol. The van der Waals surface area contributed by atoms with Crippen LogP contribution in [0.1, 0.15) is 144 Å². The molecule has 0 aliphatic heterocycles. The second-order valence-corrected chi connectivity index (χ2v) is 15.6. The van der Waals surface area contributed by atoms with Gasteiger partial charge in [0.25, 0.3) is 0 Å². The van der Waals surface area contributed by atoms with Gasteiger partial charge in [0.2, 0.25) is 0 Å². The molecule has 3 fully saturated rings. The van der Waals surface area contributed by atoms with Gasteiger partial charge in [-0.05, 0) is 111 Å². The Labute approximate surface area is 239 Å². The van der Waals surface area contributed by atoms with E-state index >= 15 is 0 Å². The average molecular weight is 578 g/mol. The fourth-order valence-electron chi connectivity index (χ4n) is 9.95. The second kappa shape index (κ2) is 13.7. The van der Waals surface area contributed by atoms with Gasteiger partial charge in [-0.2, -0.15) is 0 Å². The molecule has 0 aromatic heterocycles. The van der Waals surface area contributed by atoms with Gasteiger partial charge in [0.05, 0.1) is 6.10 Å². The van der Waals surface area contributed by atoms with Crippen LogP contribution in [0.15, 0.2) is 11.6 Å². The van der Waals surface area contributed by atoms with Crippen LogP contribution in [0.3, 0.4) is 0 Å². The van der Waals surface area contributed by atoms with Crippen molar-refractivity contribution in [3.63, 3.8) is 0 Å². The zero-order valence-corrected chi connectivity index (χ0v) is 26.9. The minimum absolute atomic E-state index is 0.459. The standard InChI is InChI=1S/C35H61BrO/c1-26(2)13-12-14-27(3)31-17-18-32-30-16-15-28-25-29(37-24-11-9-7-6-8-10-23-36)19-21-34(28,4)33(30)20-22-35(31,32)5/h15,26-27,29-33H,6-14,16-25H2,1-5H3/t27?,29-,30?,31?,32?,33?,34-,35+/m0/s1. The zero-order chi connectivity index (χ0) is 26.5. The van der Waals surface area contributed by atoms with Crippen molar-refractivity contribution in [2.24, 2.45) is 46.3 Å². The molecule has 3 saturated carbocycles. The third-order valence-corrected chi connectivity index (χ3v) is 12.7. The van der Waals surface area contributed by atoms with Gasteiger partial charge in [0, 0.05) is 11.9 Å². The van der Waals surface area contributed by atoms with Gasteiger partial charge in [-0.3, -0.25) is 0 Å².